The molecular formula is C17H23N3O3S. The number of hydrogen-bond acceptors (Lipinski definition) is 4. The predicted molar refractivity (Wildman–Crippen MR) is 95.1 cm³/mol. The molecular weight excluding hydrogens is 326 g/mol. The van der Waals surface area contributed by atoms with Gasteiger partial charge in [0.05, 0.1) is 5.52 Å². The average molecular weight is 349 g/mol. The van der Waals surface area contributed by atoms with E-state index in [1.54, 1.807) is 13.2 Å². The minimum absolute atomic E-state index is 0.353. The summed E-state index contributed by atoms with van der Waals surface area (Å²) in [5.74, 6) is 0.778. The Bertz CT molecular complexity index is 795. The number of rotatable bonds is 5. The molecule has 0 amide bonds. The minimum Gasteiger partial charge on any atom is -0.384 e. The topological polar surface area (TPSA) is 71.5 Å². The van der Waals surface area contributed by atoms with Crippen molar-refractivity contribution < 1.29 is 13.2 Å². The molecule has 6 nitrogen and oxygen atoms in total. The highest BCUT2D eigenvalue weighted by Crippen LogP contribution is 2.21. The number of nitrogens with zero attached hydrogens (tertiary/aromatic N) is 2. The maximum Gasteiger partial charge on any atom is 0.302 e. The van der Waals surface area contributed by atoms with Crippen molar-refractivity contribution in [3.05, 3.63) is 36.4 Å². The summed E-state index contributed by atoms with van der Waals surface area (Å²) in [6.45, 7) is 1.73. The third-order valence-electron chi connectivity index (χ3n) is 4.38. The molecule has 1 aliphatic heterocycles. The van der Waals surface area contributed by atoms with Crippen molar-refractivity contribution in [1.29, 1.82) is 0 Å². The predicted octanol–water partition coefficient (Wildman–Crippen LogP) is 2.64. The summed E-state index contributed by atoms with van der Waals surface area (Å²) in [5.41, 5.74) is 0.772. The number of pyridine rings is 1. The summed E-state index contributed by atoms with van der Waals surface area (Å²) in [4.78, 5) is 4.39. The molecule has 1 saturated heterocycles. The van der Waals surface area contributed by atoms with E-state index in [0.717, 1.165) is 30.2 Å². The number of ether oxygens (including phenoxy) is 1. The fourth-order valence-corrected chi connectivity index (χ4v) is 4.32. The van der Waals surface area contributed by atoms with Crippen LogP contribution in [0.1, 0.15) is 19.3 Å². The third kappa shape index (κ3) is 4.03. The summed E-state index contributed by atoms with van der Waals surface area (Å²) >= 11 is 0. The zero-order valence-electron chi connectivity index (χ0n) is 13.8. The van der Waals surface area contributed by atoms with Crippen LogP contribution in [0, 0.1) is 5.92 Å². The molecule has 0 aliphatic carbocycles. The molecule has 1 aromatic carbocycles. The first-order valence-corrected chi connectivity index (χ1v) is 9.65. The van der Waals surface area contributed by atoms with Crippen molar-refractivity contribution in [3.63, 3.8) is 0 Å². The van der Waals surface area contributed by atoms with Gasteiger partial charge in [-0.25, -0.2) is 4.98 Å². The Labute approximate surface area is 143 Å². The van der Waals surface area contributed by atoms with E-state index in [4.69, 9.17) is 4.74 Å². The molecule has 3 rings (SSSR count). The SMILES string of the molecule is COCC1CCCN(S(=O)(=O)Nc2ccc3ccccc3n2)CC1. The molecule has 1 fully saturated rings. The highest BCUT2D eigenvalue weighted by Gasteiger charge is 2.26. The molecule has 1 N–H and O–H groups in total. The molecule has 24 heavy (non-hydrogen) atoms. The molecule has 0 saturated carbocycles. The molecule has 1 aliphatic rings. The summed E-state index contributed by atoms with van der Waals surface area (Å²) in [5, 5.41) is 0.984. The van der Waals surface area contributed by atoms with Crippen LogP contribution in [0.5, 0.6) is 0 Å². The lowest BCUT2D eigenvalue weighted by Gasteiger charge is -2.20. The highest BCUT2D eigenvalue weighted by atomic mass is 32.2. The highest BCUT2D eigenvalue weighted by molar-refractivity contribution is 7.90. The second-order valence-corrected chi connectivity index (χ2v) is 7.82. The largest absolute Gasteiger partial charge is 0.384 e. The van der Waals surface area contributed by atoms with Gasteiger partial charge in [0.15, 0.2) is 0 Å². The molecule has 1 atom stereocenters. The van der Waals surface area contributed by atoms with E-state index in [0.29, 0.717) is 31.4 Å². The Kier molecular flexibility index (Phi) is 5.33. The first-order chi connectivity index (χ1) is 11.6. The summed E-state index contributed by atoms with van der Waals surface area (Å²) < 4.78 is 34.6. The number of fused-ring (bicyclic) bond motifs is 1. The van der Waals surface area contributed by atoms with E-state index in [1.165, 1.54) is 4.31 Å². The van der Waals surface area contributed by atoms with Crippen molar-refractivity contribution in [2.75, 3.05) is 31.5 Å². The van der Waals surface area contributed by atoms with Crippen LogP contribution in [0.25, 0.3) is 10.9 Å². The van der Waals surface area contributed by atoms with Crippen molar-refractivity contribution in [3.8, 4) is 0 Å². The second kappa shape index (κ2) is 7.46. The Morgan fingerprint density at radius 3 is 2.88 bits per heavy atom. The summed E-state index contributed by atoms with van der Waals surface area (Å²) in [7, 11) is -1.90. The van der Waals surface area contributed by atoms with Gasteiger partial charge in [-0.3, -0.25) is 4.72 Å². The standard InChI is InChI=1S/C17H23N3O3S/c1-23-13-14-5-4-11-20(12-10-14)24(21,22)19-17-9-8-15-6-2-3-7-16(15)18-17/h2-3,6-9,14H,4-5,10-13H2,1H3,(H,18,19). The monoisotopic (exact) mass is 349 g/mol. The summed E-state index contributed by atoms with van der Waals surface area (Å²) in [6, 6.07) is 11.2. The lowest BCUT2D eigenvalue weighted by Crippen LogP contribution is -2.37. The lowest BCUT2D eigenvalue weighted by atomic mass is 10.0. The molecule has 1 aromatic heterocycles. The van der Waals surface area contributed by atoms with Crippen LogP contribution in [0.2, 0.25) is 0 Å². The van der Waals surface area contributed by atoms with Gasteiger partial charge in [0, 0.05) is 32.2 Å². The first-order valence-electron chi connectivity index (χ1n) is 8.21. The van der Waals surface area contributed by atoms with Gasteiger partial charge in [-0.05, 0) is 43.4 Å². The van der Waals surface area contributed by atoms with E-state index in [9.17, 15) is 8.42 Å². The first kappa shape index (κ1) is 17.1. The van der Waals surface area contributed by atoms with E-state index in [2.05, 4.69) is 9.71 Å². The van der Waals surface area contributed by atoms with Gasteiger partial charge in [-0.1, -0.05) is 18.2 Å². The van der Waals surface area contributed by atoms with Crippen LogP contribution in [-0.4, -0.2) is 44.5 Å². The van der Waals surface area contributed by atoms with Crippen LogP contribution >= 0.6 is 0 Å². The van der Waals surface area contributed by atoms with Gasteiger partial charge in [-0.15, -0.1) is 0 Å². The van der Waals surface area contributed by atoms with E-state index < -0.39 is 10.2 Å². The van der Waals surface area contributed by atoms with E-state index in [1.807, 2.05) is 30.3 Å². The quantitative estimate of drug-likeness (QED) is 0.901. The van der Waals surface area contributed by atoms with Gasteiger partial charge < -0.3 is 4.74 Å². The van der Waals surface area contributed by atoms with Crippen LogP contribution in [0.3, 0.4) is 0 Å². The number of methoxy groups -OCH3 is 1. The van der Waals surface area contributed by atoms with Gasteiger partial charge in [0.25, 0.3) is 0 Å². The third-order valence-corrected chi connectivity index (χ3v) is 5.89. The molecule has 2 aromatic rings. The summed E-state index contributed by atoms with van der Waals surface area (Å²) in [6.07, 6.45) is 2.66. The van der Waals surface area contributed by atoms with Gasteiger partial charge in [-0.2, -0.15) is 12.7 Å². The van der Waals surface area contributed by atoms with Crippen molar-refractivity contribution in [2.45, 2.75) is 19.3 Å². The zero-order valence-corrected chi connectivity index (χ0v) is 14.6. The van der Waals surface area contributed by atoms with Gasteiger partial charge >= 0.3 is 10.2 Å². The Hall–Kier alpha value is -1.70. The van der Waals surface area contributed by atoms with Crippen molar-refractivity contribution in [2.24, 2.45) is 5.92 Å². The van der Waals surface area contributed by atoms with Crippen LogP contribution in [0.15, 0.2) is 36.4 Å². The van der Waals surface area contributed by atoms with E-state index >= 15 is 0 Å². The van der Waals surface area contributed by atoms with Crippen LogP contribution in [0.4, 0.5) is 5.82 Å². The normalized spacial score (nSPS) is 20.0. The molecule has 0 spiro atoms. The number of para-hydroxylation sites is 1. The maximum atomic E-state index is 12.7. The number of aromatic nitrogens is 1. The minimum atomic E-state index is -3.59. The fourth-order valence-electron chi connectivity index (χ4n) is 3.10. The molecule has 0 radical (unpaired) electrons. The molecule has 0 bridgehead atoms. The molecule has 1 unspecified atom stereocenters. The van der Waals surface area contributed by atoms with E-state index in [-0.39, 0.29) is 0 Å². The van der Waals surface area contributed by atoms with Crippen LogP contribution in [-0.2, 0) is 14.9 Å². The Morgan fingerprint density at radius 2 is 2.04 bits per heavy atom. The number of anilines is 1. The number of benzene rings is 1. The smallest absolute Gasteiger partial charge is 0.302 e. The van der Waals surface area contributed by atoms with Crippen molar-refractivity contribution >= 4 is 26.9 Å². The van der Waals surface area contributed by atoms with Crippen LogP contribution < -0.4 is 4.72 Å². The molecule has 7 heteroatoms. The Balaban J connectivity index is 1.72. The fraction of sp³-hybridized carbons (Fsp3) is 0.471. The number of nitrogens with one attached hydrogen (secondary N) is 1. The number of hydrogen-bond donors (Lipinski definition) is 1. The molecule has 2 heterocycles. The lowest BCUT2D eigenvalue weighted by molar-refractivity contribution is 0.145. The molecule has 130 valence electrons. The average Bonchev–Trinajstić information content (AvgIpc) is 2.81. The maximum absolute atomic E-state index is 12.7. The van der Waals surface area contributed by atoms with Crippen molar-refractivity contribution in [1.82, 2.24) is 9.29 Å². The zero-order chi connectivity index (χ0) is 17.0. The second-order valence-electron chi connectivity index (χ2n) is 6.15. The van der Waals surface area contributed by atoms with Gasteiger partial charge in [0.2, 0.25) is 0 Å². The Morgan fingerprint density at radius 1 is 1.21 bits per heavy atom. The van der Waals surface area contributed by atoms with Gasteiger partial charge in [0.1, 0.15) is 5.82 Å².